The van der Waals surface area contributed by atoms with E-state index in [4.69, 9.17) is 19.3 Å². The van der Waals surface area contributed by atoms with E-state index >= 15 is 0 Å². The fraction of sp³-hybridized carbons (Fsp3) is 0.0714. The molecule has 0 unspecified atom stereocenters. The maximum absolute atomic E-state index is 13.1. The Morgan fingerprint density at radius 2 is 1.95 bits per heavy atom. The standard InChI is InChI=1S/C14H9FO5/c15-8-1-3-11(10(5-8)14(16)17)20-9-2-4-12-13(6-9)19-7-18-12/h1-6H,7H2,(H,16,17). The summed E-state index contributed by atoms with van der Waals surface area (Å²) < 4.78 is 28.9. The molecule has 0 spiro atoms. The number of ether oxygens (including phenoxy) is 3. The number of benzene rings is 2. The molecule has 2 aromatic rings. The summed E-state index contributed by atoms with van der Waals surface area (Å²) in [6, 6.07) is 8.16. The van der Waals surface area contributed by atoms with E-state index in [-0.39, 0.29) is 18.1 Å². The molecule has 5 nitrogen and oxygen atoms in total. The molecular weight excluding hydrogens is 267 g/mol. The molecule has 1 N–H and O–H groups in total. The monoisotopic (exact) mass is 276 g/mol. The van der Waals surface area contributed by atoms with Crippen molar-refractivity contribution in [3.05, 3.63) is 47.8 Å². The minimum atomic E-state index is -1.26. The van der Waals surface area contributed by atoms with Crippen molar-refractivity contribution in [1.29, 1.82) is 0 Å². The molecule has 0 aromatic heterocycles. The van der Waals surface area contributed by atoms with Crippen LogP contribution >= 0.6 is 0 Å². The van der Waals surface area contributed by atoms with Gasteiger partial charge in [-0.15, -0.1) is 0 Å². The zero-order chi connectivity index (χ0) is 14.1. The summed E-state index contributed by atoms with van der Waals surface area (Å²) in [6.45, 7) is 0.135. The van der Waals surface area contributed by atoms with Crippen LogP contribution in [0.15, 0.2) is 36.4 Å². The van der Waals surface area contributed by atoms with Crippen LogP contribution in [0.2, 0.25) is 0 Å². The van der Waals surface area contributed by atoms with Crippen molar-refractivity contribution < 1.29 is 28.5 Å². The van der Waals surface area contributed by atoms with E-state index in [2.05, 4.69) is 0 Å². The summed E-state index contributed by atoms with van der Waals surface area (Å²) in [5.74, 6) is -0.363. The van der Waals surface area contributed by atoms with Gasteiger partial charge in [-0.1, -0.05) is 0 Å². The Morgan fingerprint density at radius 1 is 1.15 bits per heavy atom. The van der Waals surface area contributed by atoms with E-state index in [1.54, 1.807) is 18.2 Å². The minimum absolute atomic E-state index is 0.0535. The third-order valence-electron chi connectivity index (χ3n) is 2.74. The Hall–Kier alpha value is -2.76. The molecule has 20 heavy (non-hydrogen) atoms. The van der Waals surface area contributed by atoms with Gasteiger partial charge in [0, 0.05) is 6.07 Å². The van der Waals surface area contributed by atoms with Gasteiger partial charge in [0.2, 0.25) is 6.79 Å². The lowest BCUT2D eigenvalue weighted by Crippen LogP contribution is -2.00. The number of carbonyl (C=O) groups is 1. The van der Waals surface area contributed by atoms with E-state index in [1.807, 2.05) is 0 Å². The van der Waals surface area contributed by atoms with Gasteiger partial charge in [-0.05, 0) is 30.3 Å². The van der Waals surface area contributed by atoms with Gasteiger partial charge in [0.25, 0.3) is 0 Å². The highest BCUT2D eigenvalue weighted by molar-refractivity contribution is 5.91. The first-order chi connectivity index (χ1) is 9.63. The van der Waals surface area contributed by atoms with Crippen molar-refractivity contribution in [3.8, 4) is 23.0 Å². The summed E-state index contributed by atoms with van der Waals surface area (Å²) in [4.78, 5) is 11.1. The number of rotatable bonds is 3. The van der Waals surface area contributed by atoms with Crippen LogP contribution < -0.4 is 14.2 Å². The molecule has 0 radical (unpaired) electrons. The highest BCUT2D eigenvalue weighted by Gasteiger charge is 2.17. The van der Waals surface area contributed by atoms with E-state index in [0.29, 0.717) is 17.2 Å². The minimum Gasteiger partial charge on any atom is -0.478 e. The summed E-state index contributed by atoms with van der Waals surface area (Å²) in [5.41, 5.74) is -0.248. The van der Waals surface area contributed by atoms with Gasteiger partial charge in [-0.25, -0.2) is 9.18 Å². The number of halogens is 1. The van der Waals surface area contributed by atoms with Crippen LogP contribution in [-0.2, 0) is 0 Å². The van der Waals surface area contributed by atoms with Gasteiger partial charge in [-0.3, -0.25) is 0 Å². The summed E-state index contributed by atoms with van der Waals surface area (Å²) >= 11 is 0. The van der Waals surface area contributed by atoms with Crippen molar-refractivity contribution in [2.75, 3.05) is 6.79 Å². The Labute approximate surface area is 113 Å². The van der Waals surface area contributed by atoms with Crippen LogP contribution in [0.25, 0.3) is 0 Å². The van der Waals surface area contributed by atoms with Crippen LogP contribution in [0.1, 0.15) is 10.4 Å². The molecule has 2 aromatic carbocycles. The molecule has 102 valence electrons. The molecule has 1 heterocycles. The van der Waals surface area contributed by atoms with Gasteiger partial charge in [0.05, 0.1) is 0 Å². The maximum Gasteiger partial charge on any atom is 0.339 e. The number of aromatic carboxylic acids is 1. The Bertz CT molecular complexity index is 683. The van der Waals surface area contributed by atoms with Gasteiger partial charge in [0.15, 0.2) is 11.5 Å². The van der Waals surface area contributed by atoms with E-state index in [1.165, 1.54) is 6.07 Å². The Morgan fingerprint density at radius 3 is 2.75 bits per heavy atom. The Kier molecular flexibility index (Phi) is 2.90. The maximum atomic E-state index is 13.1. The summed E-state index contributed by atoms with van der Waals surface area (Å²) in [7, 11) is 0. The SMILES string of the molecule is O=C(O)c1cc(F)ccc1Oc1ccc2c(c1)OCO2. The average Bonchev–Trinajstić information content (AvgIpc) is 2.88. The smallest absolute Gasteiger partial charge is 0.339 e. The van der Waals surface area contributed by atoms with E-state index in [9.17, 15) is 9.18 Å². The fourth-order valence-corrected chi connectivity index (χ4v) is 1.83. The lowest BCUT2D eigenvalue weighted by Gasteiger charge is -2.09. The van der Waals surface area contributed by atoms with Gasteiger partial charge in [-0.2, -0.15) is 0 Å². The van der Waals surface area contributed by atoms with Crippen LogP contribution in [-0.4, -0.2) is 17.9 Å². The van der Waals surface area contributed by atoms with Gasteiger partial charge in [0.1, 0.15) is 22.9 Å². The zero-order valence-electron chi connectivity index (χ0n) is 10.1. The number of carboxylic acid groups (broad SMARTS) is 1. The molecule has 6 heteroatoms. The predicted octanol–water partition coefficient (Wildman–Crippen LogP) is 3.04. The predicted molar refractivity (Wildman–Crippen MR) is 66.0 cm³/mol. The molecule has 0 atom stereocenters. The first kappa shape index (κ1) is 12.3. The molecule has 0 aliphatic carbocycles. The zero-order valence-corrected chi connectivity index (χ0v) is 10.1. The number of fused-ring (bicyclic) bond motifs is 1. The molecule has 1 aliphatic heterocycles. The van der Waals surface area contributed by atoms with Crippen LogP contribution in [0, 0.1) is 5.82 Å². The molecule has 0 fully saturated rings. The van der Waals surface area contributed by atoms with Gasteiger partial charge >= 0.3 is 5.97 Å². The molecule has 1 aliphatic rings. The normalized spacial score (nSPS) is 12.2. The second-order valence-corrected chi connectivity index (χ2v) is 4.06. The topological polar surface area (TPSA) is 65.0 Å². The van der Waals surface area contributed by atoms with Crippen molar-refractivity contribution in [3.63, 3.8) is 0 Å². The summed E-state index contributed by atoms with van der Waals surface area (Å²) in [5, 5.41) is 9.03. The first-order valence-electron chi connectivity index (χ1n) is 5.74. The largest absolute Gasteiger partial charge is 0.478 e. The van der Waals surface area contributed by atoms with E-state index < -0.39 is 11.8 Å². The number of hydrogen-bond donors (Lipinski definition) is 1. The molecule has 0 amide bonds. The third-order valence-corrected chi connectivity index (χ3v) is 2.74. The second-order valence-electron chi connectivity index (χ2n) is 4.06. The molecular formula is C14H9FO5. The number of hydrogen-bond acceptors (Lipinski definition) is 4. The molecule has 0 saturated heterocycles. The van der Waals surface area contributed by atoms with Crippen LogP contribution in [0.3, 0.4) is 0 Å². The lowest BCUT2D eigenvalue weighted by molar-refractivity contribution is 0.0693. The van der Waals surface area contributed by atoms with Crippen LogP contribution in [0.4, 0.5) is 4.39 Å². The lowest BCUT2D eigenvalue weighted by atomic mass is 10.2. The number of carboxylic acids is 1. The van der Waals surface area contributed by atoms with Crippen molar-refractivity contribution in [2.45, 2.75) is 0 Å². The fourth-order valence-electron chi connectivity index (χ4n) is 1.83. The highest BCUT2D eigenvalue weighted by Crippen LogP contribution is 2.37. The molecule has 3 rings (SSSR count). The van der Waals surface area contributed by atoms with Crippen molar-refractivity contribution in [2.24, 2.45) is 0 Å². The van der Waals surface area contributed by atoms with Crippen molar-refractivity contribution in [1.82, 2.24) is 0 Å². The van der Waals surface area contributed by atoms with Gasteiger partial charge < -0.3 is 19.3 Å². The molecule has 0 saturated carbocycles. The summed E-state index contributed by atoms with van der Waals surface area (Å²) in [6.07, 6.45) is 0. The molecule has 0 bridgehead atoms. The second kappa shape index (κ2) is 4.73. The van der Waals surface area contributed by atoms with Crippen molar-refractivity contribution >= 4 is 5.97 Å². The Balaban J connectivity index is 1.93. The first-order valence-corrected chi connectivity index (χ1v) is 5.74. The van der Waals surface area contributed by atoms with Crippen LogP contribution in [0.5, 0.6) is 23.0 Å². The third kappa shape index (κ3) is 2.23. The van der Waals surface area contributed by atoms with E-state index in [0.717, 1.165) is 12.1 Å². The quantitative estimate of drug-likeness (QED) is 0.933. The highest BCUT2D eigenvalue weighted by atomic mass is 19.1. The average molecular weight is 276 g/mol.